The lowest BCUT2D eigenvalue weighted by atomic mass is 10.5. The summed E-state index contributed by atoms with van der Waals surface area (Å²) in [6.07, 6.45) is 1.82. The molecule has 0 aliphatic carbocycles. The second-order valence-corrected chi connectivity index (χ2v) is 2.74. The van der Waals surface area contributed by atoms with Crippen molar-refractivity contribution in [2.75, 3.05) is 0 Å². The smallest absolute Gasteiger partial charge is 0.169 e. The Morgan fingerprint density at radius 2 is 2.22 bits per heavy atom. The molecule has 0 atom stereocenters. The van der Waals surface area contributed by atoms with Gasteiger partial charge in [0.15, 0.2) is 4.67 Å². The average Bonchev–Trinajstić information content (AvgIpc) is 2.17. The number of rotatable bonds is 1. The number of hydrogen-bond donors (Lipinski definition) is 0. The first kappa shape index (κ1) is 7.09. The Kier molecular flexibility index (Phi) is 2.54. The highest BCUT2D eigenvalue weighted by molar-refractivity contribution is 9.11. The Labute approximate surface area is 70.0 Å². The maximum Gasteiger partial charge on any atom is 0.169 e. The monoisotopic (exact) mass is 250 g/mol. The molecule has 0 spiro atoms. The van der Waals surface area contributed by atoms with E-state index in [0.29, 0.717) is 0 Å². The van der Waals surface area contributed by atoms with Gasteiger partial charge in [-0.1, -0.05) is 15.9 Å². The summed E-state index contributed by atoms with van der Waals surface area (Å²) in [6.45, 7) is 0. The van der Waals surface area contributed by atoms with Crippen molar-refractivity contribution < 1.29 is 4.42 Å². The second-order valence-electron chi connectivity index (χ2n) is 1.43. The van der Waals surface area contributed by atoms with Crippen LogP contribution in [-0.2, 0) is 0 Å². The molecule has 0 saturated heterocycles. The molecule has 1 aromatic heterocycles. The van der Waals surface area contributed by atoms with Crippen LogP contribution in [0.4, 0.5) is 0 Å². The van der Waals surface area contributed by atoms with Crippen molar-refractivity contribution >= 4 is 37.9 Å². The number of furan rings is 1. The van der Waals surface area contributed by atoms with E-state index in [4.69, 9.17) is 4.42 Å². The predicted molar refractivity (Wildman–Crippen MR) is 44.4 cm³/mol. The van der Waals surface area contributed by atoms with Gasteiger partial charge in [-0.15, -0.1) is 0 Å². The quantitative estimate of drug-likeness (QED) is 0.746. The molecule has 9 heavy (non-hydrogen) atoms. The lowest BCUT2D eigenvalue weighted by Gasteiger charge is -1.78. The van der Waals surface area contributed by atoms with E-state index in [1.807, 2.05) is 18.2 Å². The van der Waals surface area contributed by atoms with Gasteiger partial charge in [-0.25, -0.2) is 0 Å². The third-order valence-corrected chi connectivity index (χ3v) is 1.51. The van der Waals surface area contributed by atoms with E-state index >= 15 is 0 Å². The summed E-state index contributed by atoms with van der Waals surface area (Å²) in [5.74, 6) is 0.832. The van der Waals surface area contributed by atoms with Gasteiger partial charge in [-0.3, -0.25) is 0 Å². The molecule has 0 fully saturated rings. The Hall–Kier alpha value is -0.0200. The third-order valence-electron chi connectivity index (χ3n) is 0.821. The first-order valence-corrected chi connectivity index (χ1v) is 4.06. The summed E-state index contributed by atoms with van der Waals surface area (Å²) in [5, 5.41) is 0. The number of hydrogen-bond acceptors (Lipinski definition) is 1. The van der Waals surface area contributed by atoms with Crippen LogP contribution in [0, 0.1) is 0 Å². The molecule has 1 nitrogen and oxygen atoms in total. The van der Waals surface area contributed by atoms with Gasteiger partial charge in [0.1, 0.15) is 5.76 Å². The molecule has 48 valence electrons. The second kappa shape index (κ2) is 3.22. The van der Waals surface area contributed by atoms with Crippen molar-refractivity contribution in [1.29, 1.82) is 0 Å². The van der Waals surface area contributed by atoms with Gasteiger partial charge in [0.25, 0.3) is 0 Å². The van der Waals surface area contributed by atoms with Gasteiger partial charge in [-0.2, -0.15) is 0 Å². The SMILES string of the molecule is Br/C=C/c1ccc(Br)o1. The molecule has 0 amide bonds. The lowest BCUT2D eigenvalue weighted by molar-refractivity contribution is 0.531. The standard InChI is InChI=1S/C6H4Br2O/c7-4-3-5-1-2-6(8)9-5/h1-4H/b4-3+. The number of halogens is 2. The summed E-state index contributed by atoms with van der Waals surface area (Å²) >= 11 is 6.33. The Morgan fingerprint density at radius 1 is 1.44 bits per heavy atom. The maximum absolute atomic E-state index is 5.12. The molecule has 0 N–H and O–H groups in total. The van der Waals surface area contributed by atoms with Gasteiger partial charge in [0, 0.05) is 0 Å². The molecule has 1 heterocycles. The minimum atomic E-state index is 0.753. The normalized spacial score (nSPS) is 10.9. The van der Waals surface area contributed by atoms with E-state index in [2.05, 4.69) is 31.9 Å². The summed E-state index contributed by atoms with van der Waals surface area (Å²) in [6, 6.07) is 3.73. The average molecular weight is 252 g/mol. The molecule has 0 aliphatic rings. The van der Waals surface area contributed by atoms with Crippen LogP contribution in [0.2, 0.25) is 0 Å². The fourth-order valence-electron chi connectivity index (χ4n) is 0.480. The van der Waals surface area contributed by atoms with Gasteiger partial charge in [0.2, 0.25) is 0 Å². The highest BCUT2D eigenvalue weighted by Crippen LogP contribution is 2.15. The van der Waals surface area contributed by atoms with Crippen molar-refractivity contribution in [2.45, 2.75) is 0 Å². The minimum Gasteiger partial charge on any atom is -0.450 e. The van der Waals surface area contributed by atoms with Crippen LogP contribution >= 0.6 is 31.9 Å². The van der Waals surface area contributed by atoms with Gasteiger partial charge in [0.05, 0.1) is 0 Å². The first-order chi connectivity index (χ1) is 4.33. The van der Waals surface area contributed by atoms with Crippen LogP contribution in [0.15, 0.2) is 26.2 Å². The zero-order valence-electron chi connectivity index (χ0n) is 4.47. The van der Waals surface area contributed by atoms with Crippen molar-refractivity contribution in [3.63, 3.8) is 0 Å². The highest BCUT2D eigenvalue weighted by atomic mass is 79.9. The van der Waals surface area contributed by atoms with E-state index < -0.39 is 0 Å². The predicted octanol–water partition coefficient (Wildman–Crippen LogP) is 3.41. The zero-order chi connectivity index (χ0) is 6.69. The molecular weight excluding hydrogens is 248 g/mol. The first-order valence-electron chi connectivity index (χ1n) is 2.35. The van der Waals surface area contributed by atoms with Gasteiger partial charge < -0.3 is 4.42 Å². The van der Waals surface area contributed by atoms with Crippen molar-refractivity contribution in [1.82, 2.24) is 0 Å². The van der Waals surface area contributed by atoms with Crippen LogP contribution in [-0.4, -0.2) is 0 Å². The van der Waals surface area contributed by atoms with Crippen LogP contribution in [0.3, 0.4) is 0 Å². The molecule has 0 saturated carbocycles. The van der Waals surface area contributed by atoms with E-state index in [1.54, 1.807) is 4.99 Å². The third kappa shape index (κ3) is 1.99. The maximum atomic E-state index is 5.12. The van der Waals surface area contributed by atoms with Crippen LogP contribution in [0.1, 0.15) is 5.76 Å². The fraction of sp³-hybridized carbons (Fsp3) is 0. The summed E-state index contributed by atoms with van der Waals surface area (Å²) < 4.78 is 5.88. The molecule has 1 aromatic rings. The van der Waals surface area contributed by atoms with Crippen molar-refractivity contribution in [3.05, 3.63) is 27.5 Å². The van der Waals surface area contributed by atoms with Crippen molar-refractivity contribution in [2.24, 2.45) is 0 Å². The molecule has 0 bridgehead atoms. The fourth-order valence-corrected chi connectivity index (χ4v) is 1.06. The highest BCUT2D eigenvalue weighted by Gasteiger charge is 1.91. The van der Waals surface area contributed by atoms with E-state index in [1.165, 1.54) is 0 Å². The van der Waals surface area contributed by atoms with E-state index in [9.17, 15) is 0 Å². The van der Waals surface area contributed by atoms with Crippen LogP contribution < -0.4 is 0 Å². The Balaban J connectivity index is 2.85. The molecule has 0 aromatic carbocycles. The molecular formula is C6H4Br2O. The van der Waals surface area contributed by atoms with Crippen molar-refractivity contribution in [3.8, 4) is 0 Å². The lowest BCUT2D eigenvalue weighted by Crippen LogP contribution is -1.53. The summed E-state index contributed by atoms with van der Waals surface area (Å²) in [4.78, 5) is 1.75. The summed E-state index contributed by atoms with van der Waals surface area (Å²) in [7, 11) is 0. The molecule has 0 radical (unpaired) electrons. The van der Waals surface area contributed by atoms with Crippen LogP contribution in [0.5, 0.6) is 0 Å². The molecule has 0 unspecified atom stereocenters. The Morgan fingerprint density at radius 3 is 2.67 bits per heavy atom. The molecule has 3 heteroatoms. The van der Waals surface area contributed by atoms with Crippen LogP contribution in [0.25, 0.3) is 6.08 Å². The van der Waals surface area contributed by atoms with E-state index in [-0.39, 0.29) is 0 Å². The topological polar surface area (TPSA) is 13.1 Å². The minimum absolute atomic E-state index is 0.753. The van der Waals surface area contributed by atoms with Gasteiger partial charge in [-0.05, 0) is 39.1 Å². The molecule has 1 rings (SSSR count). The zero-order valence-corrected chi connectivity index (χ0v) is 7.65. The van der Waals surface area contributed by atoms with E-state index in [0.717, 1.165) is 10.4 Å². The Bertz CT molecular complexity index is 215. The summed E-state index contributed by atoms with van der Waals surface area (Å²) in [5.41, 5.74) is 0. The van der Waals surface area contributed by atoms with Gasteiger partial charge >= 0.3 is 0 Å². The molecule has 0 aliphatic heterocycles. The largest absolute Gasteiger partial charge is 0.450 e.